The van der Waals surface area contributed by atoms with Crippen molar-refractivity contribution in [2.24, 2.45) is 5.92 Å². The summed E-state index contributed by atoms with van der Waals surface area (Å²) in [4.78, 5) is 2.99. The minimum atomic E-state index is -2.67. The third kappa shape index (κ3) is 165. The molecular weight excluding hydrogens is 553 g/mol. The fourth-order valence-electron chi connectivity index (χ4n) is 0.590. The molecule has 0 aromatic heterocycles. The summed E-state index contributed by atoms with van der Waals surface area (Å²) in [5.74, 6) is -1.19. The minimum Gasteiger partial charge on any atom is -0.388 e. The van der Waals surface area contributed by atoms with Crippen LogP contribution in [0.4, 0.5) is 8.78 Å². The van der Waals surface area contributed by atoms with Gasteiger partial charge in [0.15, 0.2) is 0 Å². The Kier molecular flexibility index (Phi) is 57.2. The molecule has 0 heterocycles. The smallest absolute Gasteiger partial charge is 0.248 e. The molecule has 1 fully saturated rings. The van der Waals surface area contributed by atoms with Crippen LogP contribution in [0.3, 0.4) is 0 Å². The highest BCUT2D eigenvalue weighted by Gasteiger charge is 2.41. The van der Waals surface area contributed by atoms with Crippen molar-refractivity contribution in [1.29, 1.82) is 0 Å². The predicted octanol–water partition coefficient (Wildman–Crippen LogP) is 5.95. The van der Waals surface area contributed by atoms with Crippen LogP contribution in [0.2, 0.25) is 0 Å². The molecule has 0 amide bonds. The number of alkyl halides is 2. The van der Waals surface area contributed by atoms with E-state index >= 15 is 0 Å². The van der Waals surface area contributed by atoms with E-state index in [0.717, 1.165) is 38.9 Å². The van der Waals surface area contributed by atoms with E-state index in [-0.39, 0.29) is 11.7 Å². The van der Waals surface area contributed by atoms with Crippen molar-refractivity contribution >= 4 is 43.2 Å². The van der Waals surface area contributed by atoms with Crippen LogP contribution in [0.15, 0.2) is 0 Å². The van der Waals surface area contributed by atoms with Gasteiger partial charge in [-0.15, -0.1) is 0 Å². The average Bonchev–Trinajstić information content (AvgIpc) is 3.60. The van der Waals surface area contributed by atoms with Gasteiger partial charge in [-0.3, -0.25) is 0 Å². The van der Waals surface area contributed by atoms with E-state index in [1.54, 1.807) is 40.0 Å². The molecule has 0 aromatic rings. The summed E-state index contributed by atoms with van der Waals surface area (Å²) in [5.41, 5.74) is 0. The Morgan fingerprint density at radius 3 is 1.14 bits per heavy atom. The van der Waals surface area contributed by atoms with E-state index in [0.29, 0.717) is 6.54 Å². The zero-order valence-corrected chi connectivity index (χ0v) is 28.4. The number of methoxy groups -OCH3 is 2. The maximum Gasteiger partial charge on any atom is 0.248 e. The van der Waals surface area contributed by atoms with Crippen LogP contribution in [0.25, 0.3) is 4.85 Å². The normalized spacial score (nSPS) is 11.2. The largest absolute Gasteiger partial charge is 0.388 e. The van der Waals surface area contributed by atoms with Gasteiger partial charge in [0, 0.05) is 65.3 Å². The van der Waals surface area contributed by atoms with Gasteiger partial charge >= 0.3 is 0 Å². The molecule has 226 valence electrons. The Morgan fingerprint density at radius 1 is 0.944 bits per heavy atom. The maximum absolute atomic E-state index is 11.9. The quantitative estimate of drug-likeness (QED) is 0.362. The molecular formula is C23H55F2NO6S4. The van der Waals surface area contributed by atoms with Gasteiger partial charge in [0.1, 0.15) is 19.7 Å². The Morgan fingerprint density at radius 2 is 1.14 bits per heavy atom. The van der Waals surface area contributed by atoms with Crippen molar-refractivity contribution in [3.05, 3.63) is 11.4 Å². The van der Waals surface area contributed by atoms with Gasteiger partial charge in [-0.2, -0.15) is 23.5 Å². The van der Waals surface area contributed by atoms with Crippen molar-refractivity contribution in [2.45, 2.75) is 53.4 Å². The molecule has 0 unspecified atom stereocenters. The van der Waals surface area contributed by atoms with E-state index in [9.17, 15) is 25.6 Å². The number of halogens is 2. The molecule has 36 heavy (non-hydrogen) atoms. The second kappa shape index (κ2) is 39.4. The first-order chi connectivity index (χ1) is 16.2. The molecule has 0 bridgehead atoms. The zero-order valence-electron chi connectivity index (χ0n) is 25.1. The Labute approximate surface area is 231 Å². The zero-order chi connectivity index (χ0) is 30.9. The number of thioether (sulfide) groups is 2. The molecule has 0 saturated heterocycles. The molecule has 1 aliphatic carbocycles. The van der Waals surface area contributed by atoms with Gasteiger partial charge in [-0.1, -0.05) is 13.8 Å². The molecule has 0 radical (unpaired) electrons. The lowest BCUT2D eigenvalue weighted by Gasteiger charge is -2.04. The summed E-state index contributed by atoms with van der Waals surface area (Å²) in [6.45, 7) is 16.0. The summed E-state index contributed by atoms with van der Waals surface area (Å²) < 4.78 is 71.9. The lowest BCUT2D eigenvalue weighted by Crippen LogP contribution is -2.11. The standard InChI is InChI=1S/C5H8F2.C3H5N.C3H8O2S.C3H8O.C3H8S.C2H6O2S.C2H6O.C2H6S/c1-5(6,7)4-2-3-4;1-3-4-2;1-3-6(2,4)5;2*1-3-4-2;1-5(2,3)4;2*1-3-2/h4H,2-3H2,1H3;3H2,1H3;3H2,1-2H3;2*3H2,1-2H3;1-2H3;2*1-2H3. The Balaban J connectivity index is -0.0000000545. The van der Waals surface area contributed by atoms with Gasteiger partial charge < -0.3 is 14.3 Å². The molecule has 0 atom stereocenters. The summed E-state index contributed by atoms with van der Waals surface area (Å²) in [6.07, 6.45) is 11.2. The van der Waals surface area contributed by atoms with Crippen LogP contribution in [-0.2, 0) is 29.1 Å². The predicted molar refractivity (Wildman–Crippen MR) is 161 cm³/mol. The average molecular weight is 608 g/mol. The van der Waals surface area contributed by atoms with Crippen LogP contribution in [0.5, 0.6) is 0 Å². The minimum absolute atomic E-state index is 0.243. The third-order valence-electron chi connectivity index (χ3n) is 2.55. The Hall–Kier alpha value is -0.130. The van der Waals surface area contributed by atoms with Crippen molar-refractivity contribution in [1.82, 2.24) is 0 Å². The number of hydrogen-bond acceptors (Lipinski definition) is 8. The molecule has 7 nitrogen and oxygen atoms in total. The van der Waals surface area contributed by atoms with Crippen LogP contribution in [0.1, 0.15) is 47.5 Å². The monoisotopic (exact) mass is 607 g/mol. The SMILES string of the molecule is CC(F)(F)C1CC1.CCOC.CCS(C)(=O)=O.CCSC.COC.CS(C)(=O)=O.CSC.[C-]#[N+]CC. The molecule has 13 heteroatoms. The molecule has 1 saturated carbocycles. The fourth-order valence-corrected chi connectivity index (χ4v) is 0.590. The number of ether oxygens (including phenoxy) is 2. The summed E-state index contributed by atoms with van der Waals surface area (Å²) in [6, 6.07) is 0. The van der Waals surface area contributed by atoms with Crippen LogP contribution >= 0.6 is 23.5 Å². The first-order valence-electron chi connectivity index (χ1n) is 11.1. The van der Waals surface area contributed by atoms with Gasteiger partial charge in [-0.05, 0) is 51.2 Å². The first kappa shape index (κ1) is 52.3. The van der Waals surface area contributed by atoms with Crippen molar-refractivity contribution in [3.8, 4) is 0 Å². The second-order valence-electron chi connectivity index (χ2n) is 7.03. The number of hydrogen-bond donors (Lipinski definition) is 0. The first-order valence-corrected chi connectivity index (χ1v) is 18.4. The van der Waals surface area contributed by atoms with Crippen LogP contribution < -0.4 is 0 Å². The molecule has 0 spiro atoms. The number of rotatable bonds is 4. The maximum atomic E-state index is 11.9. The van der Waals surface area contributed by atoms with E-state index in [1.165, 1.54) is 12.0 Å². The van der Waals surface area contributed by atoms with E-state index in [1.807, 2.05) is 38.1 Å². The summed E-state index contributed by atoms with van der Waals surface area (Å²) in [7, 11) is -0.398. The summed E-state index contributed by atoms with van der Waals surface area (Å²) >= 11 is 3.61. The summed E-state index contributed by atoms with van der Waals surface area (Å²) in [5, 5.41) is 0. The second-order valence-corrected chi connectivity index (χ2v) is 13.7. The van der Waals surface area contributed by atoms with Crippen LogP contribution in [-0.4, -0.2) is 106 Å². The molecule has 1 aliphatic rings. The Bertz CT molecular complexity index is 599. The number of nitrogens with zero attached hydrogens (tertiary/aromatic N) is 1. The lowest BCUT2D eigenvalue weighted by atomic mass is 10.3. The lowest BCUT2D eigenvalue weighted by molar-refractivity contribution is -0.00191. The van der Waals surface area contributed by atoms with Gasteiger partial charge in [-0.25, -0.2) is 32.2 Å². The van der Waals surface area contributed by atoms with Gasteiger partial charge in [0.2, 0.25) is 12.5 Å². The third-order valence-corrected chi connectivity index (χ3v) is 4.18. The molecule has 0 aliphatic heterocycles. The molecule has 0 aromatic carbocycles. The van der Waals surface area contributed by atoms with E-state index < -0.39 is 25.6 Å². The molecule has 0 N–H and O–H groups in total. The highest BCUT2D eigenvalue weighted by molar-refractivity contribution is 7.98. The highest BCUT2D eigenvalue weighted by Crippen LogP contribution is 2.42. The van der Waals surface area contributed by atoms with Crippen molar-refractivity contribution in [2.75, 3.05) is 83.5 Å². The topological polar surface area (TPSA) is 91.1 Å². The fraction of sp³-hybridized carbons (Fsp3) is 0.957. The van der Waals surface area contributed by atoms with Gasteiger partial charge in [0.05, 0.1) is 0 Å². The highest BCUT2D eigenvalue weighted by atomic mass is 32.2. The van der Waals surface area contributed by atoms with Gasteiger partial charge in [0.25, 0.3) is 0 Å². The van der Waals surface area contributed by atoms with E-state index in [4.69, 9.17) is 6.57 Å². The van der Waals surface area contributed by atoms with E-state index in [2.05, 4.69) is 27.5 Å². The van der Waals surface area contributed by atoms with Crippen molar-refractivity contribution in [3.63, 3.8) is 0 Å². The van der Waals surface area contributed by atoms with Crippen LogP contribution in [0, 0.1) is 12.5 Å². The van der Waals surface area contributed by atoms with Crippen molar-refractivity contribution < 1.29 is 35.1 Å². The number of sulfone groups is 2. The molecule has 1 rings (SSSR count).